The highest BCUT2D eigenvalue weighted by Crippen LogP contribution is 2.39. The van der Waals surface area contributed by atoms with Crippen molar-refractivity contribution in [2.75, 3.05) is 7.11 Å². The summed E-state index contributed by atoms with van der Waals surface area (Å²) >= 11 is 6.89. The molecule has 0 aliphatic carbocycles. The lowest BCUT2D eigenvalue weighted by molar-refractivity contribution is 0.0606. The number of halogens is 1. The number of thiophene rings is 2. The lowest BCUT2D eigenvalue weighted by Gasteiger charge is -1.98. The van der Waals surface area contributed by atoms with Gasteiger partial charge in [-0.05, 0) is 52.5 Å². The third-order valence-electron chi connectivity index (χ3n) is 3.29. The fourth-order valence-electron chi connectivity index (χ4n) is 2.12. The molecule has 0 bridgehead atoms. The third kappa shape index (κ3) is 4.41. The summed E-state index contributed by atoms with van der Waals surface area (Å²) in [7, 11) is 1.41. The summed E-state index contributed by atoms with van der Waals surface area (Å²) in [5.74, 6) is -0.262. The Bertz CT molecular complexity index is 601. The molecule has 0 unspecified atom stereocenters. The molecule has 0 aliphatic heterocycles. The topological polar surface area (TPSA) is 26.3 Å². The standard InChI is InChI=1S/C16H19BrO2S2/c1-3-4-5-6-7-11-10-14(21-15(11)17)12-8-9-13(20-12)16(18)19-2/h8-10H,3-7H2,1-2H3. The van der Waals surface area contributed by atoms with Crippen LogP contribution < -0.4 is 0 Å². The van der Waals surface area contributed by atoms with Gasteiger partial charge in [-0.25, -0.2) is 4.79 Å². The first kappa shape index (κ1) is 16.7. The average molecular weight is 387 g/mol. The smallest absolute Gasteiger partial charge is 0.348 e. The SMILES string of the molecule is CCCCCCc1cc(-c2ccc(C(=O)OC)s2)sc1Br. The van der Waals surface area contributed by atoms with Crippen LogP contribution in [0.2, 0.25) is 0 Å². The number of esters is 1. The predicted octanol–water partition coefficient (Wildman–Crippen LogP) is 6.15. The van der Waals surface area contributed by atoms with Gasteiger partial charge in [0.25, 0.3) is 0 Å². The molecule has 0 saturated carbocycles. The van der Waals surface area contributed by atoms with E-state index in [4.69, 9.17) is 4.74 Å². The molecule has 0 amide bonds. The Balaban J connectivity index is 2.07. The van der Waals surface area contributed by atoms with Crippen LogP contribution in [-0.4, -0.2) is 13.1 Å². The summed E-state index contributed by atoms with van der Waals surface area (Å²) in [6.45, 7) is 2.23. The van der Waals surface area contributed by atoms with Gasteiger partial charge in [-0.1, -0.05) is 26.2 Å². The first-order valence-electron chi connectivity index (χ1n) is 7.12. The number of carbonyl (C=O) groups excluding carboxylic acids is 1. The van der Waals surface area contributed by atoms with E-state index in [1.54, 1.807) is 11.3 Å². The number of carbonyl (C=O) groups is 1. The van der Waals surface area contributed by atoms with E-state index in [9.17, 15) is 4.79 Å². The number of hydrogen-bond donors (Lipinski definition) is 0. The van der Waals surface area contributed by atoms with Gasteiger partial charge in [0.05, 0.1) is 10.9 Å². The Kier molecular flexibility index (Phi) is 6.45. The van der Waals surface area contributed by atoms with Crippen molar-refractivity contribution in [2.24, 2.45) is 0 Å². The van der Waals surface area contributed by atoms with Gasteiger partial charge in [-0.15, -0.1) is 22.7 Å². The Morgan fingerprint density at radius 3 is 2.71 bits per heavy atom. The summed E-state index contributed by atoms with van der Waals surface area (Å²) in [5, 5.41) is 0. The third-order valence-corrected chi connectivity index (χ3v) is 6.51. The Morgan fingerprint density at radius 1 is 1.19 bits per heavy atom. The van der Waals surface area contributed by atoms with Crippen molar-refractivity contribution >= 4 is 44.6 Å². The van der Waals surface area contributed by atoms with Gasteiger partial charge < -0.3 is 4.74 Å². The van der Waals surface area contributed by atoms with Crippen molar-refractivity contribution in [3.05, 3.63) is 32.4 Å². The molecule has 0 atom stereocenters. The van der Waals surface area contributed by atoms with Gasteiger partial charge >= 0.3 is 5.97 Å². The van der Waals surface area contributed by atoms with Gasteiger partial charge in [0.1, 0.15) is 4.88 Å². The van der Waals surface area contributed by atoms with E-state index in [2.05, 4.69) is 28.9 Å². The summed E-state index contributed by atoms with van der Waals surface area (Å²) in [5.41, 5.74) is 1.37. The van der Waals surface area contributed by atoms with Crippen LogP contribution >= 0.6 is 38.6 Å². The number of hydrogen-bond acceptors (Lipinski definition) is 4. The molecular formula is C16H19BrO2S2. The normalized spacial score (nSPS) is 10.8. The lowest BCUT2D eigenvalue weighted by Crippen LogP contribution is -1.96. The maximum absolute atomic E-state index is 11.5. The number of ether oxygens (including phenoxy) is 1. The molecule has 0 radical (unpaired) electrons. The van der Waals surface area contributed by atoms with Gasteiger partial charge in [0.2, 0.25) is 0 Å². The van der Waals surface area contributed by atoms with Crippen molar-refractivity contribution < 1.29 is 9.53 Å². The highest BCUT2D eigenvalue weighted by atomic mass is 79.9. The molecule has 0 spiro atoms. The van der Waals surface area contributed by atoms with Crippen molar-refractivity contribution in [1.82, 2.24) is 0 Å². The number of aryl methyl sites for hydroxylation is 1. The molecule has 2 nitrogen and oxygen atoms in total. The number of methoxy groups -OCH3 is 1. The summed E-state index contributed by atoms with van der Waals surface area (Å²) in [4.78, 5) is 14.5. The van der Waals surface area contributed by atoms with E-state index in [0.29, 0.717) is 4.88 Å². The fraction of sp³-hybridized carbons (Fsp3) is 0.438. The van der Waals surface area contributed by atoms with E-state index in [0.717, 1.165) is 11.3 Å². The maximum Gasteiger partial charge on any atom is 0.348 e. The highest BCUT2D eigenvalue weighted by molar-refractivity contribution is 9.11. The molecule has 5 heteroatoms. The largest absolute Gasteiger partial charge is 0.465 e. The molecule has 0 aliphatic rings. The van der Waals surface area contributed by atoms with Crippen molar-refractivity contribution in [3.8, 4) is 9.75 Å². The fourth-order valence-corrected chi connectivity index (χ4v) is 4.90. The van der Waals surface area contributed by atoms with E-state index >= 15 is 0 Å². The quantitative estimate of drug-likeness (QED) is 0.421. The van der Waals surface area contributed by atoms with E-state index in [1.807, 2.05) is 12.1 Å². The molecule has 0 fully saturated rings. The van der Waals surface area contributed by atoms with Crippen LogP contribution in [0.15, 0.2) is 22.0 Å². The van der Waals surface area contributed by atoms with Crippen LogP contribution in [-0.2, 0) is 11.2 Å². The minimum atomic E-state index is -0.262. The number of rotatable bonds is 7. The molecule has 0 N–H and O–H groups in total. The number of unbranched alkanes of at least 4 members (excludes halogenated alkanes) is 3. The predicted molar refractivity (Wildman–Crippen MR) is 94.5 cm³/mol. The van der Waals surface area contributed by atoms with Crippen molar-refractivity contribution in [3.63, 3.8) is 0 Å². The Morgan fingerprint density at radius 2 is 2.00 bits per heavy atom. The van der Waals surface area contributed by atoms with Gasteiger partial charge in [-0.2, -0.15) is 0 Å². The molecule has 0 saturated heterocycles. The maximum atomic E-state index is 11.5. The van der Waals surface area contributed by atoms with Crippen LogP contribution in [0, 0.1) is 0 Å². The van der Waals surface area contributed by atoms with Crippen LogP contribution in [0.25, 0.3) is 9.75 Å². The summed E-state index contributed by atoms with van der Waals surface area (Å²) in [6, 6.07) is 6.07. The molecule has 21 heavy (non-hydrogen) atoms. The van der Waals surface area contributed by atoms with Crippen LogP contribution in [0.3, 0.4) is 0 Å². The van der Waals surface area contributed by atoms with Gasteiger partial charge in [0, 0.05) is 9.75 Å². The Labute approximate surface area is 142 Å². The molecule has 2 rings (SSSR count). The Hall–Kier alpha value is -0.650. The monoisotopic (exact) mass is 386 g/mol. The van der Waals surface area contributed by atoms with Gasteiger partial charge in [0.15, 0.2) is 0 Å². The average Bonchev–Trinajstić information content (AvgIpc) is 3.10. The van der Waals surface area contributed by atoms with E-state index in [-0.39, 0.29) is 5.97 Å². The molecular weight excluding hydrogens is 368 g/mol. The minimum Gasteiger partial charge on any atom is -0.465 e. The first-order chi connectivity index (χ1) is 10.2. The molecule has 114 valence electrons. The second kappa shape index (κ2) is 8.11. The van der Waals surface area contributed by atoms with Crippen molar-refractivity contribution in [1.29, 1.82) is 0 Å². The zero-order valence-electron chi connectivity index (χ0n) is 12.3. The molecule has 2 aromatic heterocycles. The van der Waals surface area contributed by atoms with E-state index in [1.165, 1.54) is 58.4 Å². The summed E-state index contributed by atoms with van der Waals surface area (Å²) in [6.07, 6.45) is 6.22. The van der Waals surface area contributed by atoms with E-state index < -0.39 is 0 Å². The minimum absolute atomic E-state index is 0.262. The highest BCUT2D eigenvalue weighted by Gasteiger charge is 2.13. The second-order valence-electron chi connectivity index (χ2n) is 4.88. The van der Waals surface area contributed by atoms with Gasteiger partial charge in [-0.3, -0.25) is 0 Å². The zero-order chi connectivity index (χ0) is 15.2. The van der Waals surface area contributed by atoms with Crippen LogP contribution in [0.4, 0.5) is 0 Å². The second-order valence-corrected chi connectivity index (χ2v) is 8.33. The van der Waals surface area contributed by atoms with Crippen LogP contribution in [0.5, 0.6) is 0 Å². The summed E-state index contributed by atoms with van der Waals surface area (Å²) < 4.78 is 5.97. The van der Waals surface area contributed by atoms with Crippen molar-refractivity contribution in [2.45, 2.75) is 39.0 Å². The molecule has 0 aromatic carbocycles. The molecule has 2 aromatic rings. The van der Waals surface area contributed by atoms with Crippen LogP contribution in [0.1, 0.15) is 47.8 Å². The first-order valence-corrected chi connectivity index (χ1v) is 9.55. The lowest BCUT2D eigenvalue weighted by atomic mass is 10.1. The molecule has 2 heterocycles. The zero-order valence-corrected chi connectivity index (χ0v) is 15.5.